The lowest BCUT2D eigenvalue weighted by Crippen LogP contribution is -2.41. The van der Waals surface area contributed by atoms with Gasteiger partial charge in [-0.3, -0.25) is 4.79 Å². The van der Waals surface area contributed by atoms with E-state index in [4.69, 9.17) is 16.3 Å². The molecule has 1 N–H and O–H groups in total. The van der Waals surface area contributed by atoms with Crippen LogP contribution >= 0.6 is 22.9 Å². The van der Waals surface area contributed by atoms with Crippen LogP contribution in [0.2, 0.25) is 5.02 Å². The zero-order valence-corrected chi connectivity index (χ0v) is 24.2. The number of ether oxygens (including phenoxy) is 1. The van der Waals surface area contributed by atoms with Gasteiger partial charge in [-0.2, -0.15) is 0 Å². The fourth-order valence-electron chi connectivity index (χ4n) is 5.59. The van der Waals surface area contributed by atoms with E-state index < -0.39 is 17.6 Å². The van der Waals surface area contributed by atoms with Crippen molar-refractivity contribution in [2.75, 3.05) is 7.11 Å². The van der Waals surface area contributed by atoms with Crippen molar-refractivity contribution in [3.63, 3.8) is 0 Å². The highest BCUT2D eigenvalue weighted by Gasteiger charge is 2.33. The monoisotopic (exact) mass is 598 g/mol. The minimum absolute atomic E-state index is 0.0134. The molecule has 0 saturated heterocycles. The number of amides is 1. The van der Waals surface area contributed by atoms with Crippen LogP contribution in [0.5, 0.6) is 5.75 Å². The number of carboxylic acid groups (broad SMARTS) is 1. The number of carbonyl (C=O) groups excluding carboxylic acids is 1. The molecule has 10 heteroatoms. The van der Waals surface area contributed by atoms with E-state index in [2.05, 4.69) is 11.9 Å². The highest BCUT2D eigenvalue weighted by Crippen LogP contribution is 2.41. The van der Waals surface area contributed by atoms with E-state index in [-0.39, 0.29) is 44.2 Å². The Morgan fingerprint density at radius 2 is 1.78 bits per heavy atom. The molecule has 2 aromatic carbocycles. The summed E-state index contributed by atoms with van der Waals surface area (Å²) in [4.78, 5) is 31.4. The van der Waals surface area contributed by atoms with Crippen molar-refractivity contribution >= 4 is 44.9 Å². The molecule has 6 nitrogen and oxygen atoms in total. The number of benzene rings is 2. The van der Waals surface area contributed by atoms with Gasteiger partial charge in [0.2, 0.25) is 0 Å². The van der Waals surface area contributed by atoms with Crippen LogP contribution in [0.15, 0.2) is 48.7 Å². The van der Waals surface area contributed by atoms with Crippen LogP contribution in [0.4, 0.5) is 8.78 Å². The zero-order chi connectivity index (χ0) is 29.3. The second-order valence-corrected chi connectivity index (χ2v) is 11.7. The van der Waals surface area contributed by atoms with Crippen LogP contribution in [0.25, 0.3) is 21.2 Å². The number of hydrogen-bond donors (Lipinski definition) is 1. The summed E-state index contributed by atoms with van der Waals surface area (Å²) in [7, 11) is 1.54. The molecule has 0 atom stereocenters. The fourth-order valence-corrected chi connectivity index (χ4v) is 7.09. The first-order chi connectivity index (χ1) is 19.7. The zero-order valence-electron chi connectivity index (χ0n) is 22.6. The van der Waals surface area contributed by atoms with Crippen LogP contribution in [-0.4, -0.2) is 40.0 Å². The Labute approximate surface area is 245 Å². The number of carboxylic acids is 1. The first-order valence-electron chi connectivity index (χ1n) is 13.4. The predicted molar refractivity (Wildman–Crippen MR) is 156 cm³/mol. The van der Waals surface area contributed by atoms with Gasteiger partial charge < -0.3 is 14.7 Å². The van der Waals surface area contributed by atoms with Crippen LogP contribution in [-0.2, 0) is 6.54 Å². The molecule has 1 fully saturated rings. The summed E-state index contributed by atoms with van der Waals surface area (Å²) in [6.07, 6.45) is 6.04. The second kappa shape index (κ2) is 12.1. The minimum atomic E-state index is -1.13. The summed E-state index contributed by atoms with van der Waals surface area (Å²) in [5, 5.41) is 9.22. The van der Waals surface area contributed by atoms with E-state index in [1.165, 1.54) is 12.3 Å². The standard InChI is InChI=1S/C31H29ClF2N2O4S/c1-3-17-4-7-21(8-5-17)36(30(37)29-27(32)26-22(33)9-10-23(34)28(26)41-29)16-20-14-18(6-11-25(20)40-2)19-12-13-35-24(15-19)31(38)39/h6,9-15,17,21H,3-5,7-8,16H2,1-2H3,(H,38,39)/t17-,21-. The Morgan fingerprint density at radius 3 is 2.44 bits per heavy atom. The van der Waals surface area contributed by atoms with E-state index >= 15 is 0 Å². The molecule has 0 radical (unpaired) electrons. The molecule has 214 valence electrons. The van der Waals surface area contributed by atoms with Gasteiger partial charge in [-0.1, -0.05) is 31.0 Å². The average Bonchev–Trinajstić information content (AvgIpc) is 3.35. The maximum Gasteiger partial charge on any atom is 0.354 e. The maximum atomic E-state index is 14.6. The maximum absolute atomic E-state index is 14.6. The van der Waals surface area contributed by atoms with Crippen LogP contribution < -0.4 is 4.74 Å². The number of methoxy groups -OCH3 is 1. The lowest BCUT2D eigenvalue weighted by atomic mass is 9.83. The van der Waals surface area contributed by atoms with Gasteiger partial charge >= 0.3 is 5.97 Å². The molecular weight excluding hydrogens is 570 g/mol. The molecule has 2 heterocycles. The molecule has 5 rings (SSSR count). The molecule has 0 spiro atoms. The van der Waals surface area contributed by atoms with Gasteiger partial charge in [0.15, 0.2) is 0 Å². The Balaban J connectivity index is 1.56. The molecule has 1 amide bonds. The van der Waals surface area contributed by atoms with Gasteiger partial charge in [0.1, 0.15) is 28.0 Å². The number of nitrogens with zero attached hydrogens (tertiary/aromatic N) is 2. The molecule has 2 aromatic heterocycles. The van der Waals surface area contributed by atoms with Gasteiger partial charge in [0, 0.05) is 24.3 Å². The third-order valence-corrected chi connectivity index (χ3v) is 9.58. The van der Waals surface area contributed by atoms with Crippen molar-refractivity contribution in [2.45, 2.75) is 51.6 Å². The van der Waals surface area contributed by atoms with E-state index in [9.17, 15) is 23.5 Å². The summed E-state index contributed by atoms with van der Waals surface area (Å²) >= 11 is 7.41. The number of carbonyl (C=O) groups is 2. The number of halogens is 3. The topological polar surface area (TPSA) is 79.7 Å². The van der Waals surface area contributed by atoms with E-state index in [1.807, 2.05) is 12.1 Å². The highest BCUT2D eigenvalue weighted by atomic mass is 35.5. The Hall–Kier alpha value is -3.56. The molecule has 1 saturated carbocycles. The lowest BCUT2D eigenvalue weighted by Gasteiger charge is -2.37. The number of rotatable bonds is 8. The average molecular weight is 599 g/mol. The summed E-state index contributed by atoms with van der Waals surface area (Å²) < 4.78 is 34.9. The van der Waals surface area contributed by atoms with Gasteiger partial charge in [-0.05, 0) is 79.1 Å². The van der Waals surface area contributed by atoms with Crippen LogP contribution in [0, 0.1) is 17.6 Å². The van der Waals surface area contributed by atoms with E-state index in [1.54, 1.807) is 24.1 Å². The number of fused-ring (bicyclic) bond motifs is 1. The summed E-state index contributed by atoms with van der Waals surface area (Å²) in [6, 6.07) is 10.6. The number of thiophene rings is 1. The van der Waals surface area contributed by atoms with Gasteiger partial charge in [-0.25, -0.2) is 18.6 Å². The number of aromatic nitrogens is 1. The van der Waals surface area contributed by atoms with Gasteiger partial charge in [0.05, 0.1) is 22.2 Å². The normalized spacial score (nSPS) is 17.0. The molecule has 0 aliphatic heterocycles. The van der Waals surface area contributed by atoms with Crippen LogP contribution in [0.3, 0.4) is 0 Å². The molecule has 0 bridgehead atoms. The van der Waals surface area contributed by atoms with Crippen molar-refractivity contribution in [1.82, 2.24) is 9.88 Å². The SMILES string of the molecule is CC[C@H]1CC[C@H](N(Cc2cc(-c3ccnc(C(=O)O)c3)ccc2OC)C(=O)c2sc3c(F)ccc(F)c3c2Cl)CC1. The third-order valence-electron chi connectivity index (χ3n) is 7.90. The molecule has 41 heavy (non-hydrogen) atoms. The van der Waals surface area contributed by atoms with Crippen molar-refractivity contribution in [3.05, 3.63) is 81.5 Å². The van der Waals surface area contributed by atoms with Crippen molar-refractivity contribution < 1.29 is 28.2 Å². The summed E-state index contributed by atoms with van der Waals surface area (Å²) in [6.45, 7) is 2.34. The van der Waals surface area contributed by atoms with Crippen molar-refractivity contribution in [3.8, 4) is 16.9 Å². The van der Waals surface area contributed by atoms with E-state index in [0.29, 0.717) is 22.8 Å². The summed E-state index contributed by atoms with van der Waals surface area (Å²) in [5.41, 5.74) is 2.01. The molecule has 1 aliphatic carbocycles. The smallest absolute Gasteiger partial charge is 0.354 e. The Kier molecular flexibility index (Phi) is 8.56. The lowest BCUT2D eigenvalue weighted by molar-refractivity contribution is 0.0590. The molecule has 4 aromatic rings. The number of hydrogen-bond acceptors (Lipinski definition) is 5. The van der Waals surface area contributed by atoms with Crippen molar-refractivity contribution in [2.24, 2.45) is 5.92 Å². The quantitative estimate of drug-likeness (QED) is 0.221. The third kappa shape index (κ3) is 5.78. The molecular formula is C31H29ClF2N2O4S. The van der Waals surface area contributed by atoms with Gasteiger partial charge in [-0.15, -0.1) is 11.3 Å². The Morgan fingerprint density at radius 1 is 1.07 bits per heavy atom. The predicted octanol–water partition coefficient (Wildman–Crippen LogP) is 8.21. The van der Waals surface area contributed by atoms with Crippen LogP contribution in [0.1, 0.15) is 64.8 Å². The minimum Gasteiger partial charge on any atom is -0.496 e. The molecule has 0 unspecified atom stereocenters. The first-order valence-corrected chi connectivity index (χ1v) is 14.6. The molecule has 1 aliphatic rings. The van der Waals surface area contributed by atoms with Gasteiger partial charge in [0.25, 0.3) is 5.91 Å². The van der Waals surface area contributed by atoms with Crippen molar-refractivity contribution in [1.29, 1.82) is 0 Å². The summed E-state index contributed by atoms with van der Waals surface area (Å²) in [5.74, 6) is -1.68. The number of aromatic carboxylic acids is 1. The fraction of sp³-hybridized carbons (Fsp3) is 0.323. The van der Waals surface area contributed by atoms with E-state index in [0.717, 1.165) is 61.1 Å². The second-order valence-electron chi connectivity index (χ2n) is 10.3. The largest absolute Gasteiger partial charge is 0.496 e. The highest BCUT2D eigenvalue weighted by molar-refractivity contribution is 7.21. The Bertz CT molecular complexity index is 1620. The first kappa shape index (κ1) is 29.0. The number of pyridine rings is 1.